The van der Waals surface area contributed by atoms with E-state index in [1.807, 2.05) is 18.9 Å². The Kier molecular flexibility index (Phi) is 4.91. The smallest absolute Gasteiger partial charge is 0.170 e. The largest absolute Gasteiger partial charge is 0.409 e. The highest BCUT2D eigenvalue weighted by Crippen LogP contribution is 2.14. The lowest BCUT2D eigenvalue weighted by Gasteiger charge is -2.20. The lowest BCUT2D eigenvalue weighted by molar-refractivity contribution is 0.187. The summed E-state index contributed by atoms with van der Waals surface area (Å²) < 4.78 is 0. The molecule has 1 aromatic rings. The molecule has 100 valence electrons. The highest BCUT2D eigenvalue weighted by molar-refractivity contribution is 5.97. The van der Waals surface area contributed by atoms with Gasteiger partial charge in [0.15, 0.2) is 5.84 Å². The fourth-order valence-corrected chi connectivity index (χ4v) is 1.55. The molecule has 0 amide bonds. The molecule has 6 heteroatoms. The Morgan fingerprint density at radius 2 is 2.22 bits per heavy atom. The summed E-state index contributed by atoms with van der Waals surface area (Å²) in [6.45, 7) is 4.28. The summed E-state index contributed by atoms with van der Waals surface area (Å²) in [5.74, 6) is 0.794. The van der Waals surface area contributed by atoms with Crippen LogP contribution in [0.5, 0.6) is 0 Å². The van der Waals surface area contributed by atoms with Crippen LogP contribution < -0.4 is 10.6 Å². The Balaban J connectivity index is 2.92. The van der Waals surface area contributed by atoms with Crippen molar-refractivity contribution >= 4 is 11.7 Å². The van der Waals surface area contributed by atoms with Crippen LogP contribution in [0.25, 0.3) is 0 Å². The zero-order chi connectivity index (χ0) is 13.7. The van der Waals surface area contributed by atoms with Crippen LogP contribution in [0, 0.1) is 6.92 Å². The van der Waals surface area contributed by atoms with Crippen LogP contribution in [-0.2, 0) is 0 Å². The lowest BCUT2D eigenvalue weighted by Crippen LogP contribution is -2.24. The molecule has 18 heavy (non-hydrogen) atoms. The minimum absolute atomic E-state index is 0.0608. The van der Waals surface area contributed by atoms with Gasteiger partial charge in [0.05, 0.1) is 6.10 Å². The summed E-state index contributed by atoms with van der Waals surface area (Å²) in [6.07, 6.45) is 0.311. The first-order valence-electron chi connectivity index (χ1n) is 5.80. The van der Waals surface area contributed by atoms with Crippen LogP contribution in [0.1, 0.15) is 24.6 Å². The van der Waals surface area contributed by atoms with Crippen molar-refractivity contribution in [1.82, 2.24) is 4.98 Å². The quantitative estimate of drug-likeness (QED) is 0.310. The van der Waals surface area contributed by atoms with Crippen molar-refractivity contribution < 1.29 is 10.3 Å². The lowest BCUT2D eigenvalue weighted by atomic mass is 10.2. The van der Waals surface area contributed by atoms with E-state index in [9.17, 15) is 5.11 Å². The molecular weight excluding hydrogens is 232 g/mol. The molecule has 4 N–H and O–H groups in total. The Morgan fingerprint density at radius 1 is 1.56 bits per heavy atom. The molecule has 1 rings (SSSR count). The van der Waals surface area contributed by atoms with Crippen molar-refractivity contribution in [2.45, 2.75) is 26.4 Å². The van der Waals surface area contributed by atoms with Crippen molar-refractivity contribution in [3.05, 3.63) is 23.4 Å². The van der Waals surface area contributed by atoms with E-state index in [2.05, 4.69) is 10.1 Å². The highest BCUT2D eigenvalue weighted by atomic mass is 16.4. The zero-order valence-corrected chi connectivity index (χ0v) is 11.0. The van der Waals surface area contributed by atoms with Gasteiger partial charge in [-0.25, -0.2) is 4.98 Å². The van der Waals surface area contributed by atoms with E-state index in [1.165, 1.54) is 0 Å². The fraction of sp³-hybridized carbons (Fsp3) is 0.500. The fourth-order valence-electron chi connectivity index (χ4n) is 1.55. The molecule has 1 unspecified atom stereocenters. The minimum atomic E-state index is -0.346. The number of pyridine rings is 1. The second-order valence-electron chi connectivity index (χ2n) is 4.40. The van der Waals surface area contributed by atoms with E-state index < -0.39 is 0 Å². The van der Waals surface area contributed by atoms with Gasteiger partial charge in [0.2, 0.25) is 0 Å². The van der Waals surface area contributed by atoms with Gasteiger partial charge >= 0.3 is 0 Å². The van der Waals surface area contributed by atoms with E-state index in [0.717, 1.165) is 11.5 Å². The molecule has 0 aliphatic carbocycles. The monoisotopic (exact) mass is 252 g/mol. The van der Waals surface area contributed by atoms with Crippen molar-refractivity contribution in [3.8, 4) is 0 Å². The Bertz CT molecular complexity index is 432. The normalized spacial score (nSPS) is 13.4. The SMILES string of the molecule is Cc1cc(/C(N)=N/O)cc(N(C)CCC(C)O)n1. The molecule has 0 saturated heterocycles. The van der Waals surface area contributed by atoms with Crippen molar-refractivity contribution in [2.24, 2.45) is 10.9 Å². The van der Waals surface area contributed by atoms with Crippen LogP contribution in [0.2, 0.25) is 0 Å². The molecule has 1 atom stereocenters. The molecule has 0 spiro atoms. The maximum Gasteiger partial charge on any atom is 0.170 e. The summed E-state index contributed by atoms with van der Waals surface area (Å²) in [5, 5.41) is 20.9. The molecule has 1 heterocycles. The maximum atomic E-state index is 9.26. The van der Waals surface area contributed by atoms with E-state index in [1.54, 1.807) is 19.1 Å². The van der Waals surface area contributed by atoms with Gasteiger partial charge in [0.1, 0.15) is 5.82 Å². The molecule has 0 aliphatic rings. The average molecular weight is 252 g/mol. The third-order valence-electron chi connectivity index (χ3n) is 2.62. The number of hydrogen-bond donors (Lipinski definition) is 3. The van der Waals surface area contributed by atoms with Crippen LogP contribution >= 0.6 is 0 Å². The van der Waals surface area contributed by atoms with Gasteiger partial charge in [-0.2, -0.15) is 0 Å². The van der Waals surface area contributed by atoms with Gasteiger partial charge in [0.25, 0.3) is 0 Å². The number of aryl methyl sites for hydroxylation is 1. The number of hydrogen-bond acceptors (Lipinski definition) is 5. The van der Waals surface area contributed by atoms with E-state index in [4.69, 9.17) is 10.9 Å². The molecule has 0 bridgehead atoms. The number of nitrogens with zero attached hydrogens (tertiary/aromatic N) is 3. The molecule has 0 aromatic carbocycles. The number of amidine groups is 1. The van der Waals surface area contributed by atoms with Crippen LogP contribution in [0.4, 0.5) is 5.82 Å². The number of rotatable bonds is 5. The number of aliphatic hydroxyl groups is 1. The van der Waals surface area contributed by atoms with Gasteiger partial charge in [-0.1, -0.05) is 5.16 Å². The predicted molar refractivity (Wildman–Crippen MR) is 71.1 cm³/mol. The number of nitrogens with two attached hydrogens (primary N) is 1. The summed E-state index contributed by atoms with van der Waals surface area (Å²) in [7, 11) is 1.89. The number of aromatic nitrogens is 1. The first-order valence-corrected chi connectivity index (χ1v) is 5.80. The second kappa shape index (κ2) is 6.20. The average Bonchev–Trinajstić information content (AvgIpc) is 2.34. The predicted octanol–water partition coefficient (Wildman–Crippen LogP) is 0.692. The highest BCUT2D eigenvalue weighted by Gasteiger charge is 2.08. The van der Waals surface area contributed by atoms with Crippen molar-refractivity contribution in [2.75, 3.05) is 18.5 Å². The van der Waals surface area contributed by atoms with E-state index >= 15 is 0 Å². The summed E-state index contributed by atoms with van der Waals surface area (Å²) in [5.41, 5.74) is 6.99. The zero-order valence-electron chi connectivity index (χ0n) is 11.0. The molecular formula is C12H20N4O2. The van der Waals surface area contributed by atoms with E-state index in [-0.39, 0.29) is 11.9 Å². The Morgan fingerprint density at radius 3 is 2.78 bits per heavy atom. The number of oxime groups is 1. The summed E-state index contributed by atoms with van der Waals surface area (Å²) >= 11 is 0. The maximum absolute atomic E-state index is 9.26. The molecule has 6 nitrogen and oxygen atoms in total. The van der Waals surface area contributed by atoms with Gasteiger partial charge in [-0.3, -0.25) is 0 Å². The Hall–Kier alpha value is -1.82. The van der Waals surface area contributed by atoms with Gasteiger partial charge < -0.3 is 20.9 Å². The van der Waals surface area contributed by atoms with Crippen molar-refractivity contribution in [3.63, 3.8) is 0 Å². The van der Waals surface area contributed by atoms with Crippen LogP contribution in [0.3, 0.4) is 0 Å². The standard InChI is InChI=1S/C12H20N4O2/c1-8-6-10(12(13)15-18)7-11(14-8)16(3)5-4-9(2)17/h6-7,9,17-18H,4-5H2,1-3H3,(H2,13,15). The molecule has 1 aromatic heterocycles. The second-order valence-corrected chi connectivity index (χ2v) is 4.40. The third kappa shape index (κ3) is 3.89. The molecule has 0 fully saturated rings. The summed E-state index contributed by atoms with van der Waals surface area (Å²) in [4.78, 5) is 6.30. The first-order chi connectivity index (χ1) is 8.43. The van der Waals surface area contributed by atoms with E-state index in [0.29, 0.717) is 18.5 Å². The van der Waals surface area contributed by atoms with Gasteiger partial charge in [0, 0.05) is 24.8 Å². The first kappa shape index (κ1) is 14.2. The van der Waals surface area contributed by atoms with Gasteiger partial charge in [-0.15, -0.1) is 0 Å². The van der Waals surface area contributed by atoms with Crippen LogP contribution in [0.15, 0.2) is 17.3 Å². The summed E-state index contributed by atoms with van der Waals surface area (Å²) in [6, 6.07) is 3.51. The third-order valence-corrected chi connectivity index (χ3v) is 2.62. The molecule has 0 aliphatic heterocycles. The molecule has 0 saturated carbocycles. The minimum Gasteiger partial charge on any atom is -0.409 e. The van der Waals surface area contributed by atoms with Gasteiger partial charge in [-0.05, 0) is 32.4 Å². The number of aliphatic hydroxyl groups excluding tert-OH is 1. The van der Waals surface area contributed by atoms with Crippen molar-refractivity contribution in [1.29, 1.82) is 0 Å². The number of anilines is 1. The molecule has 0 radical (unpaired) electrons. The van der Waals surface area contributed by atoms with Crippen LogP contribution in [-0.4, -0.2) is 40.8 Å². The Labute approximate surface area is 107 Å². The topological polar surface area (TPSA) is 95.0 Å².